The number of halogens is 1. The van der Waals surface area contributed by atoms with E-state index < -0.39 is 0 Å². The van der Waals surface area contributed by atoms with Crippen LogP contribution in [0.1, 0.15) is 5.56 Å². The quantitative estimate of drug-likeness (QED) is 0.733. The molecule has 0 radical (unpaired) electrons. The fourth-order valence-electron chi connectivity index (χ4n) is 2.45. The van der Waals surface area contributed by atoms with Gasteiger partial charge in [-0.2, -0.15) is 9.78 Å². The van der Waals surface area contributed by atoms with Crippen molar-refractivity contribution in [2.75, 3.05) is 12.9 Å². The van der Waals surface area contributed by atoms with E-state index in [1.165, 1.54) is 12.1 Å². The molecule has 0 fully saturated rings. The summed E-state index contributed by atoms with van der Waals surface area (Å²) in [7, 11) is 1.62. The van der Waals surface area contributed by atoms with Gasteiger partial charge in [-0.1, -0.05) is 36.0 Å². The minimum absolute atomic E-state index is 0.259. The lowest BCUT2D eigenvalue weighted by Gasteiger charge is -2.14. The Balaban J connectivity index is 1.77. The van der Waals surface area contributed by atoms with Gasteiger partial charge in [0.15, 0.2) is 5.82 Å². The number of ether oxygens (including phenoxy) is 1. The number of methoxy groups -OCH3 is 1. The van der Waals surface area contributed by atoms with Crippen LogP contribution in [0, 0.1) is 5.82 Å². The molecule has 7 heteroatoms. The molecule has 2 heterocycles. The molecule has 0 saturated heterocycles. The van der Waals surface area contributed by atoms with E-state index in [0.717, 1.165) is 27.7 Å². The van der Waals surface area contributed by atoms with Crippen LogP contribution in [0.25, 0.3) is 11.4 Å². The van der Waals surface area contributed by atoms with E-state index >= 15 is 0 Å². The third kappa shape index (κ3) is 2.67. The molecule has 0 amide bonds. The maximum Gasteiger partial charge on any atom is 0.212 e. The molecule has 0 unspecified atom stereocenters. The van der Waals surface area contributed by atoms with Crippen LogP contribution in [0.15, 0.2) is 58.8 Å². The summed E-state index contributed by atoms with van der Waals surface area (Å²) >= 11 is 1.55. The largest absolute Gasteiger partial charge is 0.497 e. The van der Waals surface area contributed by atoms with Crippen LogP contribution in [0.4, 0.5) is 4.39 Å². The molecule has 0 spiro atoms. The maximum absolute atomic E-state index is 13.1. The molecule has 1 aromatic heterocycles. The zero-order valence-electron chi connectivity index (χ0n) is 12.8. The number of benzene rings is 2. The Morgan fingerprint density at radius 2 is 1.92 bits per heavy atom. The van der Waals surface area contributed by atoms with E-state index in [2.05, 4.69) is 15.3 Å². The van der Waals surface area contributed by atoms with E-state index in [4.69, 9.17) is 4.74 Å². The van der Waals surface area contributed by atoms with E-state index in [1.807, 2.05) is 24.3 Å². The van der Waals surface area contributed by atoms with E-state index in [0.29, 0.717) is 11.6 Å². The van der Waals surface area contributed by atoms with Gasteiger partial charge in [-0.05, 0) is 29.8 Å². The van der Waals surface area contributed by atoms with Crippen molar-refractivity contribution in [2.45, 2.75) is 5.16 Å². The second kappa shape index (κ2) is 6.09. The molecular weight excluding hydrogens is 327 g/mol. The highest BCUT2D eigenvalue weighted by atomic mass is 32.2. The first kappa shape index (κ1) is 14.9. The second-order valence-corrected chi connectivity index (χ2v) is 6.13. The number of fused-ring (bicyclic) bond motifs is 1. The van der Waals surface area contributed by atoms with Crippen LogP contribution < -0.4 is 4.74 Å². The standard InChI is InChI=1S/C17H13FN4OS/c1-23-14-4-2-3-12(9-14)16-19-20-17-22(16)21-15(10-24-17)11-5-7-13(18)8-6-11/h2-9H,10H2,1H3. The molecule has 4 rings (SSSR count). The third-order valence-electron chi connectivity index (χ3n) is 3.68. The molecule has 0 N–H and O–H groups in total. The highest BCUT2D eigenvalue weighted by Gasteiger charge is 2.21. The van der Waals surface area contributed by atoms with Crippen molar-refractivity contribution in [3.05, 3.63) is 59.9 Å². The van der Waals surface area contributed by atoms with E-state index in [1.54, 1.807) is 35.7 Å². The minimum atomic E-state index is -0.259. The van der Waals surface area contributed by atoms with E-state index in [-0.39, 0.29) is 5.82 Å². The van der Waals surface area contributed by atoms with Crippen LogP contribution in [0.5, 0.6) is 5.75 Å². The van der Waals surface area contributed by atoms with Gasteiger partial charge < -0.3 is 4.74 Å². The molecule has 0 bridgehead atoms. The molecule has 5 nitrogen and oxygen atoms in total. The average Bonchev–Trinajstić information content (AvgIpc) is 3.05. The molecular formula is C17H13FN4OS. The Hall–Kier alpha value is -2.67. The lowest BCUT2D eigenvalue weighted by atomic mass is 10.1. The van der Waals surface area contributed by atoms with Gasteiger partial charge in [-0.3, -0.25) is 0 Å². The first-order valence-electron chi connectivity index (χ1n) is 7.31. The smallest absolute Gasteiger partial charge is 0.212 e. The number of rotatable bonds is 3. The van der Waals surface area contributed by atoms with Crippen molar-refractivity contribution in [2.24, 2.45) is 5.10 Å². The monoisotopic (exact) mass is 340 g/mol. The Bertz CT molecular complexity index is 921. The lowest BCUT2D eigenvalue weighted by Crippen LogP contribution is -2.13. The summed E-state index contributed by atoms with van der Waals surface area (Å²) in [6.45, 7) is 0. The number of aromatic nitrogens is 3. The third-order valence-corrected chi connectivity index (χ3v) is 4.61. The average molecular weight is 340 g/mol. The van der Waals surface area contributed by atoms with Crippen molar-refractivity contribution in [3.63, 3.8) is 0 Å². The Kier molecular flexibility index (Phi) is 3.78. The zero-order chi connectivity index (χ0) is 16.5. The maximum atomic E-state index is 13.1. The molecule has 2 aromatic carbocycles. The summed E-state index contributed by atoms with van der Waals surface area (Å²) in [5, 5.41) is 13.9. The summed E-state index contributed by atoms with van der Waals surface area (Å²) in [5.74, 6) is 1.80. The van der Waals surface area contributed by atoms with E-state index in [9.17, 15) is 4.39 Å². The predicted molar refractivity (Wildman–Crippen MR) is 91.1 cm³/mol. The summed E-state index contributed by atoms with van der Waals surface area (Å²) in [6.07, 6.45) is 0. The minimum Gasteiger partial charge on any atom is -0.497 e. The summed E-state index contributed by atoms with van der Waals surface area (Å²) in [6, 6.07) is 13.9. The van der Waals surface area contributed by atoms with Crippen molar-refractivity contribution < 1.29 is 9.13 Å². The first-order chi connectivity index (χ1) is 11.7. The van der Waals surface area contributed by atoms with Crippen LogP contribution in [0.3, 0.4) is 0 Å². The Morgan fingerprint density at radius 3 is 2.71 bits per heavy atom. The summed E-state index contributed by atoms with van der Waals surface area (Å²) in [4.78, 5) is 0. The van der Waals surface area contributed by atoms with Crippen molar-refractivity contribution in [1.82, 2.24) is 14.9 Å². The highest BCUT2D eigenvalue weighted by Crippen LogP contribution is 2.29. The number of nitrogens with zero attached hydrogens (tertiary/aromatic N) is 4. The summed E-state index contributed by atoms with van der Waals surface area (Å²) < 4.78 is 20.1. The molecule has 1 aliphatic heterocycles. The van der Waals surface area contributed by atoms with Gasteiger partial charge in [0, 0.05) is 11.3 Å². The first-order valence-corrected chi connectivity index (χ1v) is 8.29. The SMILES string of the molecule is COc1cccc(-c2nnc3n2N=C(c2ccc(F)cc2)CS3)c1. The van der Waals surface area contributed by atoms with Gasteiger partial charge in [-0.15, -0.1) is 10.2 Å². The van der Waals surface area contributed by atoms with Gasteiger partial charge in [0.1, 0.15) is 11.6 Å². The Labute approximate surface area is 142 Å². The van der Waals surface area contributed by atoms with Gasteiger partial charge in [-0.25, -0.2) is 4.39 Å². The van der Waals surface area contributed by atoms with Crippen LogP contribution in [0.2, 0.25) is 0 Å². The number of thioether (sulfide) groups is 1. The fraction of sp³-hybridized carbons (Fsp3) is 0.118. The fourth-order valence-corrected chi connectivity index (χ4v) is 3.29. The molecule has 0 atom stereocenters. The van der Waals surface area contributed by atoms with Gasteiger partial charge >= 0.3 is 0 Å². The molecule has 120 valence electrons. The highest BCUT2D eigenvalue weighted by molar-refractivity contribution is 7.99. The van der Waals surface area contributed by atoms with Crippen molar-refractivity contribution >= 4 is 17.5 Å². The van der Waals surface area contributed by atoms with Gasteiger partial charge in [0.25, 0.3) is 0 Å². The predicted octanol–water partition coefficient (Wildman–Crippen LogP) is 3.45. The van der Waals surface area contributed by atoms with Crippen molar-refractivity contribution in [1.29, 1.82) is 0 Å². The molecule has 0 saturated carbocycles. The molecule has 0 aliphatic carbocycles. The van der Waals surface area contributed by atoms with Crippen LogP contribution >= 0.6 is 11.8 Å². The van der Waals surface area contributed by atoms with Crippen molar-refractivity contribution in [3.8, 4) is 17.1 Å². The van der Waals surface area contributed by atoms with Crippen LogP contribution in [-0.2, 0) is 0 Å². The molecule has 1 aliphatic rings. The number of hydrogen-bond acceptors (Lipinski definition) is 5. The van der Waals surface area contributed by atoms with Gasteiger partial charge in [0.05, 0.1) is 12.8 Å². The summed E-state index contributed by atoms with van der Waals surface area (Å²) in [5.41, 5.74) is 2.62. The second-order valence-electron chi connectivity index (χ2n) is 5.19. The lowest BCUT2D eigenvalue weighted by molar-refractivity contribution is 0.415. The Morgan fingerprint density at radius 1 is 1.08 bits per heavy atom. The van der Waals surface area contributed by atoms with Gasteiger partial charge in [0.2, 0.25) is 5.16 Å². The molecule has 3 aromatic rings. The number of hydrogen-bond donors (Lipinski definition) is 0. The zero-order valence-corrected chi connectivity index (χ0v) is 13.6. The normalized spacial score (nSPS) is 13.3. The topological polar surface area (TPSA) is 52.3 Å². The van der Waals surface area contributed by atoms with Crippen LogP contribution in [-0.4, -0.2) is 33.4 Å². The molecule has 24 heavy (non-hydrogen) atoms.